The van der Waals surface area contributed by atoms with E-state index in [0.29, 0.717) is 0 Å². The number of carbonyl (C=O) groups excluding carboxylic acids is 1. The maximum absolute atomic E-state index is 11.2. The monoisotopic (exact) mass is 259 g/mol. The van der Waals surface area contributed by atoms with Crippen LogP contribution >= 0.6 is 0 Å². The van der Waals surface area contributed by atoms with Gasteiger partial charge in [0.2, 0.25) is 5.91 Å². The fourth-order valence-electron chi connectivity index (χ4n) is 1.41. The quantitative estimate of drug-likeness (QED) is 0.409. The van der Waals surface area contributed by atoms with Crippen LogP contribution in [0, 0.1) is 11.3 Å². The topological polar surface area (TPSA) is 103 Å². The molecule has 0 bridgehead atoms. The molecule has 1 rings (SSSR count). The predicted molar refractivity (Wildman–Crippen MR) is 74.6 cm³/mol. The number of aliphatic imine (C=N–C) groups is 1. The highest BCUT2D eigenvalue weighted by atomic mass is 16.1. The minimum atomic E-state index is -0.339. The SMILES string of the molecule is CCc1cccc(NC(N)=NCC(=O)NCC#N)c1. The Kier molecular flexibility index (Phi) is 5.89. The highest BCUT2D eigenvalue weighted by Crippen LogP contribution is 2.10. The number of hydrogen-bond acceptors (Lipinski definition) is 3. The smallest absolute Gasteiger partial charge is 0.242 e. The molecule has 4 N–H and O–H groups in total. The molecule has 19 heavy (non-hydrogen) atoms. The Morgan fingerprint density at radius 3 is 3.00 bits per heavy atom. The normalized spacial score (nSPS) is 10.6. The van der Waals surface area contributed by atoms with Crippen LogP contribution in [0.15, 0.2) is 29.3 Å². The van der Waals surface area contributed by atoms with E-state index in [1.807, 2.05) is 30.3 Å². The van der Waals surface area contributed by atoms with E-state index in [0.717, 1.165) is 12.1 Å². The predicted octanol–water partition coefficient (Wildman–Crippen LogP) is 0.615. The second-order valence-electron chi connectivity index (χ2n) is 3.82. The van der Waals surface area contributed by atoms with E-state index in [-0.39, 0.29) is 25.0 Å². The van der Waals surface area contributed by atoms with E-state index in [2.05, 4.69) is 22.5 Å². The summed E-state index contributed by atoms with van der Waals surface area (Å²) in [4.78, 5) is 15.1. The third-order valence-corrected chi connectivity index (χ3v) is 2.37. The number of aryl methyl sites for hydroxylation is 1. The van der Waals surface area contributed by atoms with E-state index < -0.39 is 0 Å². The van der Waals surface area contributed by atoms with E-state index in [1.54, 1.807) is 0 Å². The van der Waals surface area contributed by atoms with Gasteiger partial charge in [0, 0.05) is 5.69 Å². The van der Waals surface area contributed by atoms with Gasteiger partial charge in [-0.15, -0.1) is 0 Å². The van der Waals surface area contributed by atoms with Crippen LogP contribution in [0.5, 0.6) is 0 Å². The molecule has 1 aromatic carbocycles. The molecular formula is C13H17N5O. The summed E-state index contributed by atoms with van der Waals surface area (Å²) in [5.74, 6) is -0.172. The first-order valence-corrected chi connectivity index (χ1v) is 5.95. The molecule has 6 nitrogen and oxygen atoms in total. The summed E-state index contributed by atoms with van der Waals surface area (Å²) in [5.41, 5.74) is 7.68. The van der Waals surface area contributed by atoms with Crippen LogP contribution in [0.25, 0.3) is 0 Å². The Labute approximate surface area is 112 Å². The van der Waals surface area contributed by atoms with Gasteiger partial charge in [0.25, 0.3) is 0 Å². The second kappa shape index (κ2) is 7.71. The zero-order chi connectivity index (χ0) is 14.1. The van der Waals surface area contributed by atoms with Gasteiger partial charge >= 0.3 is 0 Å². The van der Waals surface area contributed by atoms with Crippen LogP contribution in [0.2, 0.25) is 0 Å². The van der Waals surface area contributed by atoms with Crippen molar-refractivity contribution in [3.8, 4) is 6.07 Å². The van der Waals surface area contributed by atoms with Crippen LogP contribution in [-0.4, -0.2) is 25.0 Å². The molecule has 0 aliphatic rings. The molecule has 0 radical (unpaired) electrons. The molecule has 0 unspecified atom stereocenters. The summed E-state index contributed by atoms with van der Waals surface area (Å²) >= 11 is 0. The third kappa shape index (κ3) is 5.55. The van der Waals surface area contributed by atoms with E-state index in [9.17, 15) is 4.79 Å². The van der Waals surface area contributed by atoms with Gasteiger partial charge in [-0.1, -0.05) is 19.1 Å². The Hall–Kier alpha value is -2.55. The van der Waals surface area contributed by atoms with Crippen molar-refractivity contribution in [1.29, 1.82) is 5.26 Å². The van der Waals surface area contributed by atoms with Crippen molar-refractivity contribution in [2.45, 2.75) is 13.3 Å². The summed E-state index contributed by atoms with van der Waals surface area (Å²) in [6.07, 6.45) is 0.934. The average Bonchev–Trinajstić information content (AvgIpc) is 2.43. The number of rotatable bonds is 5. The molecule has 0 spiro atoms. The molecule has 100 valence electrons. The minimum Gasteiger partial charge on any atom is -0.370 e. The zero-order valence-corrected chi connectivity index (χ0v) is 10.8. The highest BCUT2D eigenvalue weighted by molar-refractivity contribution is 5.93. The molecular weight excluding hydrogens is 242 g/mol. The molecule has 0 saturated carbocycles. The fraction of sp³-hybridized carbons (Fsp3) is 0.308. The Morgan fingerprint density at radius 2 is 2.32 bits per heavy atom. The number of guanidine groups is 1. The van der Waals surface area contributed by atoms with Gasteiger partial charge in [-0.05, 0) is 24.1 Å². The molecule has 0 fully saturated rings. The van der Waals surface area contributed by atoms with Crippen LogP contribution in [0.4, 0.5) is 5.69 Å². The fourth-order valence-corrected chi connectivity index (χ4v) is 1.41. The first-order chi connectivity index (χ1) is 9.15. The van der Waals surface area contributed by atoms with Crippen LogP contribution in [0.1, 0.15) is 12.5 Å². The van der Waals surface area contributed by atoms with Gasteiger partial charge in [-0.3, -0.25) is 4.79 Å². The standard InChI is InChI=1S/C13H17N5O/c1-2-10-4-3-5-11(8-10)18-13(15)17-9-12(19)16-7-6-14/h3-5,8H,2,7,9H2,1H3,(H,16,19)(H3,15,17,18). The van der Waals surface area contributed by atoms with Crippen molar-refractivity contribution in [3.63, 3.8) is 0 Å². The molecule has 1 amide bonds. The first kappa shape index (κ1) is 14.5. The molecule has 0 heterocycles. The van der Waals surface area contributed by atoms with Gasteiger partial charge in [-0.2, -0.15) is 5.26 Å². The summed E-state index contributed by atoms with van der Waals surface area (Å²) in [5, 5.41) is 13.6. The Morgan fingerprint density at radius 1 is 1.53 bits per heavy atom. The van der Waals surface area contributed by atoms with E-state index in [4.69, 9.17) is 11.0 Å². The number of benzene rings is 1. The van der Waals surface area contributed by atoms with Crippen molar-refractivity contribution in [1.82, 2.24) is 5.32 Å². The van der Waals surface area contributed by atoms with E-state index >= 15 is 0 Å². The molecule has 0 aromatic heterocycles. The second-order valence-corrected chi connectivity index (χ2v) is 3.82. The number of anilines is 1. The maximum atomic E-state index is 11.2. The number of carbonyl (C=O) groups is 1. The van der Waals surface area contributed by atoms with Gasteiger partial charge in [0.05, 0.1) is 6.07 Å². The van der Waals surface area contributed by atoms with Gasteiger partial charge in [-0.25, -0.2) is 4.99 Å². The van der Waals surface area contributed by atoms with Crippen molar-refractivity contribution in [2.75, 3.05) is 18.4 Å². The summed E-state index contributed by atoms with van der Waals surface area (Å²) in [6.45, 7) is 1.93. The van der Waals surface area contributed by atoms with Gasteiger partial charge in [0.1, 0.15) is 13.1 Å². The maximum Gasteiger partial charge on any atom is 0.242 e. The summed E-state index contributed by atoms with van der Waals surface area (Å²) in [6, 6.07) is 9.60. The number of nitrogens with two attached hydrogens (primary N) is 1. The lowest BCUT2D eigenvalue weighted by Gasteiger charge is -2.07. The average molecular weight is 259 g/mol. The minimum absolute atomic E-state index is 0.0275. The van der Waals surface area contributed by atoms with E-state index in [1.165, 1.54) is 5.56 Å². The number of nitrogens with one attached hydrogen (secondary N) is 2. The molecule has 0 saturated heterocycles. The van der Waals surface area contributed by atoms with Gasteiger partial charge < -0.3 is 16.4 Å². The van der Waals surface area contributed by atoms with Crippen molar-refractivity contribution in [3.05, 3.63) is 29.8 Å². The van der Waals surface area contributed by atoms with Crippen LogP contribution in [-0.2, 0) is 11.2 Å². The molecule has 0 aliphatic heterocycles. The molecule has 6 heteroatoms. The lowest BCUT2D eigenvalue weighted by molar-refractivity contribution is -0.119. The van der Waals surface area contributed by atoms with Crippen LogP contribution < -0.4 is 16.4 Å². The van der Waals surface area contributed by atoms with Gasteiger partial charge in [0.15, 0.2) is 5.96 Å². The highest BCUT2D eigenvalue weighted by Gasteiger charge is 2.00. The lowest BCUT2D eigenvalue weighted by atomic mass is 10.1. The molecule has 1 aromatic rings. The molecule has 0 atom stereocenters. The van der Waals surface area contributed by atoms with Crippen molar-refractivity contribution < 1.29 is 4.79 Å². The summed E-state index contributed by atoms with van der Waals surface area (Å²) < 4.78 is 0. The Bertz CT molecular complexity index is 504. The largest absolute Gasteiger partial charge is 0.370 e. The summed E-state index contributed by atoms with van der Waals surface area (Å²) in [7, 11) is 0. The van der Waals surface area contributed by atoms with Crippen molar-refractivity contribution >= 4 is 17.6 Å². The lowest BCUT2D eigenvalue weighted by Crippen LogP contribution is -2.29. The molecule has 0 aliphatic carbocycles. The number of amides is 1. The Balaban J connectivity index is 2.51. The number of hydrogen-bond donors (Lipinski definition) is 3. The third-order valence-electron chi connectivity index (χ3n) is 2.37. The number of nitriles is 1. The first-order valence-electron chi connectivity index (χ1n) is 5.95. The van der Waals surface area contributed by atoms with Crippen LogP contribution in [0.3, 0.4) is 0 Å². The number of nitrogens with zero attached hydrogens (tertiary/aromatic N) is 2. The van der Waals surface area contributed by atoms with Crippen molar-refractivity contribution in [2.24, 2.45) is 10.7 Å². The zero-order valence-electron chi connectivity index (χ0n) is 10.8.